The van der Waals surface area contributed by atoms with Crippen molar-refractivity contribution >= 4 is 23.3 Å². The first-order chi connectivity index (χ1) is 7.67. The van der Waals surface area contributed by atoms with E-state index in [2.05, 4.69) is 29.5 Å². The molecule has 0 radical (unpaired) electrons. The first-order valence-corrected chi connectivity index (χ1v) is 6.38. The quantitative estimate of drug-likeness (QED) is 0.818. The molecule has 1 unspecified atom stereocenters. The third-order valence-electron chi connectivity index (χ3n) is 2.27. The summed E-state index contributed by atoms with van der Waals surface area (Å²) in [6, 6.07) is 3.71. The van der Waals surface area contributed by atoms with E-state index in [1.165, 1.54) is 0 Å². The highest BCUT2D eigenvalue weighted by Gasteiger charge is 2.04. The molecule has 1 atom stereocenters. The van der Waals surface area contributed by atoms with Crippen LogP contribution in [-0.4, -0.2) is 23.0 Å². The molecule has 16 heavy (non-hydrogen) atoms. The Kier molecular flexibility index (Phi) is 4.93. The second-order valence-electron chi connectivity index (χ2n) is 3.54. The predicted molar refractivity (Wildman–Crippen MR) is 69.4 cm³/mol. The van der Waals surface area contributed by atoms with Crippen LogP contribution in [-0.2, 0) is 0 Å². The Labute approximate surface area is 100 Å². The second kappa shape index (κ2) is 6.23. The van der Waals surface area contributed by atoms with Crippen molar-refractivity contribution in [2.45, 2.75) is 18.6 Å². The standard InChI is InChI=1S/C11H16N4S/c1-8(16-2)3-4-14-11-9(6-12)5-10(13)7-15-11/h5,7-8H,3-4,13H2,1-2H3,(H,14,15). The van der Waals surface area contributed by atoms with Gasteiger partial charge in [-0.25, -0.2) is 4.98 Å². The molecule has 0 bridgehead atoms. The summed E-state index contributed by atoms with van der Waals surface area (Å²) in [7, 11) is 0. The predicted octanol–water partition coefficient (Wildman–Crippen LogP) is 2.09. The molecule has 1 heterocycles. The van der Waals surface area contributed by atoms with E-state index >= 15 is 0 Å². The highest BCUT2D eigenvalue weighted by atomic mass is 32.2. The Morgan fingerprint density at radius 2 is 2.44 bits per heavy atom. The summed E-state index contributed by atoms with van der Waals surface area (Å²) in [6.45, 7) is 2.99. The minimum absolute atomic E-state index is 0.497. The third kappa shape index (κ3) is 3.63. The number of thioether (sulfide) groups is 1. The van der Waals surface area contributed by atoms with E-state index in [1.54, 1.807) is 12.3 Å². The van der Waals surface area contributed by atoms with Crippen LogP contribution in [0.15, 0.2) is 12.3 Å². The van der Waals surface area contributed by atoms with Gasteiger partial charge in [0, 0.05) is 11.8 Å². The van der Waals surface area contributed by atoms with Gasteiger partial charge in [0.1, 0.15) is 11.9 Å². The molecule has 0 aliphatic heterocycles. The normalized spacial score (nSPS) is 11.8. The van der Waals surface area contributed by atoms with E-state index in [0.29, 0.717) is 22.3 Å². The molecule has 0 fully saturated rings. The van der Waals surface area contributed by atoms with Gasteiger partial charge in [-0.15, -0.1) is 0 Å². The molecule has 5 heteroatoms. The number of aromatic nitrogens is 1. The SMILES string of the molecule is CSC(C)CCNc1ncc(N)cc1C#N. The van der Waals surface area contributed by atoms with Crippen LogP contribution in [0.2, 0.25) is 0 Å². The molecule has 0 saturated heterocycles. The number of nitriles is 1. The molecule has 0 spiro atoms. The van der Waals surface area contributed by atoms with Crippen molar-refractivity contribution in [1.82, 2.24) is 4.98 Å². The Hall–Kier alpha value is -1.41. The van der Waals surface area contributed by atoms with Crippen LogP contribution < -0.4 is 11.1 Å². The van der Waals surface area contributed by atoms with E-state index in [1.807, 2.05) is 11.8 Å². The molecule has 0 aliphatic carbocycles. The average molecular weight is 236 g/mol. The number of rotatable bonds is 5. The summed E-state index contributed by atoms with van der Waals surface area (Å²) in [6.07, 6.45) is 4.69. The van der Waals surface area contributed by atoms with Crippen LogP contribution in [0, 0.1) is 11.3 Å². The molecular formula is C11H16N4S. The molecule has 1 aromatic rings. The van der Waals surface area contributed by atoms with Gasteiger partial charge in [-0.3, -0.25) is 0 Å². The van der Waals surface area contributed by atoms with Crippen molar-refractivity contribution in [2.75, 3.05) is 23.9 Å². The van der Waals surface area contributed by atoms with E-state index in [4.69, 9.17) is 11.0 Å². The summed E-state index contributed by atoms with van der Waals surface area (Å²) in [5.41, 5.74) is 6.57. The molecule has 1 rings (SSSR count). The van der Waals surface area contributed by atoms with Crippen molar-refractivity contribution in [1.29, 1.82) is 5.26 Å². The lowest BCUT2D eigenvalue weighted by atomic mass is 10.2. The van der Waals surface area contributed by atoms with Gasteiger partial charge in [0.2, 0.25) is 0 Å². The lowest BCUT2D eigenvalue weighted by Gasteiger charge is -2.10. The zero-order valence-corrected chi connectivity index (χ0v) is 10.3. The van der Waals surface area contributed by atoms with Crippen LogP contribution >= 0.6 is 11.8 Å². The van der Waals surface area contributed by atoms with Crippen molar-refractivity contribution in [2.24, 2.45) is 0 Å². The van der Waals surface area contributed by atoms with Gasteiger partial charge < -0.3 is 11.1 Å². The third-order valence-corrected chi connectivity index (χ3v) is 3.32. The maximum absolute atomic E-state index is 8.91. The molecule has 0 aliphatic rings. The lowest BCUT2D eigenvalue weighted by Crippen LogP contribution is -2.10. The van der Waals surface area contributed by atoms with Crippen LogP contribution in [0.3, 0.4) is 0 Å². The van der Waals surface area contributed by atoms with Crippen LogP contribution in [0.25, 0.3) is 0 Å². The van der Waals surface area contributed by atoms with Gasteiger partial charge in [0.15, 0.2) is 0 Å². The summed E-state index contributed by atoms with van der Waals surface area (Å²) in [5.74, 6) is 0.616. The molecule has 3 N–H and O–H groups in total. The lowest BCUT2D eigenvalue weighted by molar-refractivity contribution is 0.850. The van der Waals surface area contributed by atoms with E-state index < -0.39 is 0 Å². The number of nitrogens with zero attached hydrogens (tertiary/aromatic N) is 2. The first-order valence-electron chi connectivity index (χ1n) is 5.09. The fourth-order valence-corrected chi connectivity index (χ4v) is 1.57. The maximum Gasteiger partial charge on any atom is 0.144 e. The minimum atomic E-state index is 0.497. The maximum atomic E-state index is 8.91. The molecule has 4 nitrogen and oxygen atoms in total. The van der Waals surface area contributed by atoms with Crippen LogP contribution in [0.1, 0.15) is 18.9 Å². The highest BCUT2D eigenvalue weighted by Crippen LogP contribution is 2.15. The zero-order valence-electron chi connectivity index (χ0n) is 9.53. The Balaban J connectivity index is 2.57. The smallest absolute Gasteiger partial charge is 0.144 e. The summed E-state index contributed by atoms with van der Waals surface area (Å²) >= 11 is 1.83. The summed E-state index contributed by atoms with van der Waals surface area (Å²) in [4.78, 5) is 4.11. The highest BCUT2D eigenvalue weighted by molar-refractivity contribution is 7.99. The Morgan fingerprint density at radius 3 is 3.06 bits per heavy atom. The minimum Gasteiger partial charge on any atom is -0.397 e. The second-order valence-corrected chi connectivity index (χ2v) is 4.81. The van der Waals surface area contributed by atoms with Crippen LogP contribution in [0.5, 0.6) is 0 Å². The first kappa shape index (κ1) is 12.7. The number of hydrogen-bond donors (Lipinski definition) is 2. The largest absolute Gasteiger partial charge is 0.397 e. The van der Waals surface area contributed by atoms with E-state index in [0.717, 1.165) is 13.0 Å². The Bertz CT molecular complexity index is 386. The van der Waals surface area contributed by atoms with Gasteiger partial charge in [-0.05, 0) is 18.7 Å². The molecule has 0 aromatic carbocycles. The van der Waals surface area contributed by atoms with Crippen LogP contribution in [0.4, 0.5) is 11.5 Å². The number of pyridine rings is 1. The zero-order chi connectivity index (χ0) is 12.0. The van der Waals surface area contributed by atoms with E-state index in [9.17, 15) is 0 Å². The number of hydrogen-bond acceptors (Lipinski definition) is 5. The van der Waals surface area contributed by atoms with Gasteiger partial charge in [-0.2, -0.15) is 17.0 Å². The molecule has 0 saturated carbocycles. The van der Waals surface area contributed by atoms with Crippen molar-refractivity contribution in [3.63, 3.8) is 0 Å². The Morgan fingerprint density at radius 1 is 1.69 bits per heavy atom. The topological polar surface area (TPSA) is 74.7 Å². The van der Waals surface area contributed by atoms with Crippen molar-refractivity contribution in [3.8, 4) is 6.07 Å². The van der Waals surface area contributed by atoms with Gasteiger partial charge in [-0.1, -0.05) is 6.92 Å². The average Bonchev–Trinajstić information content (AvgIpc) is 2.30. The fraction of sp³-hybridized carbons (Fsp3) is 0.455. The molecular weight excluding hydrogens is 220 g/mol. The number of nitrogen functional groups attached to an aromatic ring is 1. The molecule has 86 valence electrons. The summed E-state index contributed by atoms with van der Waals surface area (Å²) in [5, 5.41) is 12.7. The van der Waals surface area contributed by atoms with Gasteiger partial charge in [0.05, 0.1) is 17.4 Å². The monoisotopic (exact) mass is 236 g/mol. The van der Waals surface area contributed by atoms with Gasteiger partial charge in [0.25, 0.3) is 0 Å². The van der Waals surface area contributed by atoms with Crippen molar-refractivity contribution in [3.05, 3.63) is 17.8 Å². The fourth-order valence-electron chi connectivity index (χ4n) is 1.22. The van der Waals surface area contributed by atoms with Crippen molar-refractivity contribution < 1.29 is 0 Å². The number of anilines is 2. The van der Waals surface area contributed by atoms with Gasteiger partial charge >= 0.3 is 0 Å². The molecule has 0 amide bonds. The van der Waals surface area contributed by atoms with E-state index in [-0.39, 0.29) is 0 Å². The number of nitrogens with two attached hydrogens (primary N) is 1. The summed E-state index contributed by atoms with van der Waals surface area (Å²) < 4.78 is 0. The number of nitrogens with one attached hydrogen (secondary N) is 1. The molecule has 1 aromatic heterocycles.